The second kappa shape index (κ2) is 4.63. The topological polar surface area (TPSA) is 29.5 Å². The molecule has 0 saturated heterocycles. The second-order valence-electron chi connectivity index (χ2n) is 4.23. The fourth-order valence-electron chi connectivity index (χ4n) is 0.768. The molecule has 0 rings (SSSR count). The first-order chi connectivity index (χ1) is 5.31. The summed E-state index contributed by atoms with van der Waals surface area (Å²) in [6, 6.07) is 0. The molecule has 0 spiro atoms. The average molecular weight is 172 g/mol. The maximum Gasteiger partial charge on any atom is 0.0957 e. The van der Waals surface area contributed by atoms with Crippen molar-refractivity contribution >= 4 is 0 Å². The smallest absolute Gasteiger partial charge is 0.0957 e. The van der Waals surface area contributed by atoms with Crippen LogP contribution in [0.15, 0.2) is 11.6 Å². The molecule has 2 heteroatoms. The van der Waals surface area contributed by atoms with Crippen LogP contribution < -0.4 is 0 Å². The first kappa shape index (κ1) is 11.7. The summed E-state index contributed by atoms with van der Waals surface area (Å²) in [6.07, 6.45) is 1.32. The van der Waals surface area contributed by atoms with Crippen LogP contribution in [0.1, 0.15) is 34.6 Å². The van der Waals surface area contributed by atoms with Crippen LogP contribution in [0.4, 0.5) is 0 Å². The zero-order valence-corrected chi connectivity index (χ0v) is 8.72. The molecule has 72 valence electrons. The largest absolute Gasteiger partial charge is 0.387 e. The van der Waals surface area contributed by atoms with Crippen LogP contribution in [0, 0.1) is 0 Å². The van der Waals surface area contributed by atoms with Gasteiger partial charge < -0.3 is 9.84 Å². The van der Waals surface area contributed by atoms with E-state index in [9.17, 15) is 5.11 Å². The summed E-state index contributed by atoms with van der Waals surface area (Å²) in [4.78, 5) is 0. The zero-order valence-electron chi connectivity index (χ0n) is 8.72. The highest BCUT2D eigenvalue weighted by Gasteiger charge is 2.11. The van der Waals surface area contributed by atoms with Crippen LogP contribution in [0.5, 0.6) is 0 Å². The number of allylic oxidation sites excluding steroid dienone is 1. The molecule has 1 atom stereocenters. The van der Waals surface area contributed by atoms with Crippen LogP contribution in [0.2, 0.25) is 0 Å². The summed E-state index contributed by atoms with van der Waals surface area (Å²) < 4.78 is 5.40. The number of rotatable bonds is 3. The molecule has 0 aliphatic heterocycles. The molecule has 0 aromatic carbocycles. The predicted molar refractivity (Wildman–Crippen MR) is 51.1 cm³/mol. The molecule has 0 amide bonds. The van der Waals surface area contributed by atoms with Crippen molar-refractivity contribution in [2.75, 3.05) is 6.61 Å². The molecule has 0 heterocycles. The molecule has 0 aromatic heterocycles. The number of aliphatic hydroxyl groups excluding tert-OH is 1. The fraction of sp³-hybridized carbons (Fsp3) is 0.800. The van der Waals surface area contributed by atoms with E-state index < -0.39 is 6.10 Å². The third kappa shape index (κ3) is 7.76. The standard InChI is InChI=1S/C10H20O2/c1-8(2)6-9(11)7-12-10(3,4)5/h6,9,11H,7H2,1-5H3. The van der Waals surface area contributed by atoms with E-state index in [0.717, 1.165) is 5.57 Å². The molecule has 1 unspecified atom stereocenters. The third-order valence-electron chi connectivity index (χ3n) is 1.21. The Hall–Kier alpha value is -0.340. The van der Waals surface area contributed by atoms with E-state index in [1.165, 1.54) is 0 Å². The predicted octanol–water partition coefficient (Wildman–Crippen LogP) is 2.13. The van der Waals surface area contributed by atoms with E-state index in [4.69, 9.17) is 4.74 Å². The highest BCUT2D eigenvalue weighted by molar-refractivity contribution is 4.97. The van der Waals surface area contributed by atoms with Gasteiger partial charge in [-0.3, -0.25) is 0 Å². The van der Waals surface area contributed by atoms with Gasteiger partial charge >= 0.3 is 0 Å². The molecule has 0 radical (unpaired) electrons. The van der Waals surface area contributed by atoms with Crippen molar-refractivity contribution in [3.8, 4) is 0 Å². The third-order valence-corrected chi connectivity index (χ3v) is 1.21. The van der Waals surface area contributed by atoms with Crippen LogP contribution in [0.25, 0.3) is 0 Å². The minimum Gasteiger partial charge on any atom is -0.387 e. The van der Waals surface area contributed by atoms with Crippen LogP contribution in [0.3, 0.4) is 0 Å². The first-order valence-corrected chi connectivity index (χ1v) is 4.28. The lowest BCUT2D eigenvalue weighted by atomic mass is 10.2. The van der Waals surface area contributed by atoms with E-state index >= 15 is 0 Å². The van der Waals surface area contributed by atoms with Gasteiger partial charge in [-0.25, -0.2) is 0 Å². The minimum atomic E-state index is -0.478. The molecule has 2 nitrogen and oxygen atoms in total. The number of ether oxygens (including phenoxy) is 1. The van der Waals surface area contributed by atoms with Gasteiger partial charge in [0.1, 0.15) is 0 Å². The Morgan fingerprint density at radius 3 is 2.25 bits per heavy atom. The Bertz CT molecular complexity index is 150. The molecular formula is C10H20O2. The molecule has 1 N–H and O–H groups in total. The Morgan fingerprint density at radius 1 is 1.42 bits per heavy atom. The summed E-state index contributed by atoms with van der Waals surface area (Å²) in [5.74, 6) is 0. The van der Waals surface area contributed by atoms with Crippen molar-refractivity contribution in [3.05, 3.63) is 11.6 Å². The lowest BCUT2D eigenvalue weighted by Gasteiger charge is -2.20. The summed E-state index contributed by atoms with van der Waals surface area (Å²) >= 11 is 0. The van der Waals surface area contributed by atoms with Crippen molar-refractivity contribution < 1.29 is 9.84 Å². The average Bonchev–Trinajstić information content (AvgIpc) is 1.80. The van der Waals surface area contributed by atoms with Crippen LogP contribution in [-0.4, -0.2) is 23.4 Å². The van der Waals surface area contributed by atoms with Crippen molar-refractivity contribution in [2.24, 2.45) is 0 Å². The van der Waals surface area contributed by atoms with Crippen molar-refractivity contribution in [2.45, 2.75) is 46.3 Å². The highest BCUT2D eigenvalue weighted by Crippen LogP contribution is 2.07. The Labute approximate surface area is 75.2 Å². The highest BCUT2D eigenvalue weighted by atomic mass is 16.5. The summed E-state index contributed by atoms with van der Waals surface area (Å²) in [5.41, 5.74) is 0.941. The second-order valence-corrected chi connectivity index (χ2v) is 4.23. The molecule has 0 saturated carbocycles. The van der Waals surface area contributed by atoms with Gasteiger partial charge in [0.25, 0.3) is 0 Å². The maximum atomic E-state index is 9.38. The van der Waals surface area contributed by atoms with Gasteiger partial charge in [-0.2, -0.15) is 0 Å². The summed E-state index contributed by atoms with van der Waals surface area (Å²) in [6.45, 7) is 10.2. The van der Waals surface area contributed by atoms with E-state index in [1.807, 2.05) is 34.6 Å². The number of hydrogen-bond acceptors (Lipinski definition) is 2. The van der Waals surface area contributed by atoms with Gasteiger partial charge in [-0.1, -0.05) is 11.6 Å². The number of aliphatic hydroxyl groups is 1. The zero-order chi connectivity index (χ0) is 9.78. The van der Waals surface area contributed by atoms with Crippen molar-refractivity contribution in [3.63, 3.8) is 0 Å². The van der Waals surface area contributed by atoms with Crippen LogP contribution >= 0.6 is 0 Å². The van der Waals surface area contributed by atoms with Gasteiger partial charge in [-0.15, -0.1) is 0 Å². The lowest BCUT2D eigenvalue weighted by molar-refractivity contribution is -0.0368. The normalized spacial score (nSPS) is 14.2. The van der Waals surface area contributed by atoms with E-state index in [2.05, 4.69) is 0 Å². The minimum absolute atomic E-state index is 0.170. The molecule has 0 aliphatic rings. The van der Waals surface area contributed by atoms with Gasteiger partial charge in [-0.05, 0) is 34.6 Å². The van der Waals surface area contributed by atoms with Gasteiger partial charge in [0.15, 0.2) is 0 Å². The molecular weight excluding hydrogens is 152 g/mol. The first-order valence-electron chi connectivity index (χ1n) is 4.28. The quantitative estimate of drug-likeness (QED) is 0.661. The van der Waals surface area contributed by atoms with Gasteiger partial charge in [0, 0.05) is 0 Å². The summed E-state index contributed by atoms with van der Waals surface area (Å²) in [5, 5.41) is 9.38. The summed E-state index contributed by atoms with van der Waals surface area (Å²) in [7, 11) is 0. The van der Waals surface area contributed by atoms with E-state index in [-0.39, 0.29) is 5.60 Å². The Morgan fingerprint density at radius 2 is 1.92 bits per heavy atom. The molecule has 0 aliphatic carbocycles. The van der Waals surface area contributed by atoms with Crippen molar-refractivity contribution in [1.82, 2.24) is 0 Å². The van der Waals surface area contributed by atoms with E-state index in [1.54, 1.807) is 6.08 Å². The molecule has 0 aromatic rings. The maximum absolute atomic E-state index is 9.38. The monoisotopic (exact) mass is 172 g/mol. The van der Waals surface area contributed by atoms with Crippen LogP contribution in [-0.2, 0) is 4.74 Å². The Balaban J connectivity index is 3.73. The van der Waals surface area contributed by atoms with Gasteiger partial charge in [0.2, 0.25) is 0 Å². The number of hydrogen-bond donors (Lipinski definition) is 1. The van der Waals surface area contributed by atoms with E-state index in [0.29, 0.717) is 6.61 Å². The van der Waals surface area contributed by atoms with Crippen molar-refractivity contribution in [1.29, 1.82) is 0 Å². The molecule has 0 bridgehead atoms. The fourth-order valence-corrected chi connectivity index (χ4v) is 0.768. The SMILES string of the molecule is CC(C)=CC(O)COC(C)(C)C. The lowest BCUT2D eigenvalue weighted by Crippen LogP contribution is -2.25. The Kier molecular flexibility index (Phi) is 4.50. The molecule has 0 fully saturated rings. The van der Waals surface area contributed by atoms with Gasteiger partial charge in [0.05, 0.1) is 18.3 Å². The molecule has 12 heavy (non-hydrogen) atoms.